The van der Waals surface area contributed by atoms with E-state index in [9.17, 15) is 19.4 Å². The number of carbonyl (C=O) groups excluding carboxylic acids is 1. The highest BCUT2D eigenvalue weighted by atomic mass is 19.1. The van der Waals surface area contributed by atoms with Gasteiger partial charge in [-0.2, -0.15) is 0 Å². The Hall–Kier alpha value is -1.46. The van der Waals surface area contributed by atoms with Crippen molar-refractivity contribution in [2.24, 2.45) is 0 Å². The second-order valence-electron chi connectivity index (χ2n) is 3.76. The molecule has 0 saturated heterocycles. The maximum atomic E-state index is 13.5. The van der Waals surface area contributed by atoms with Crippen LogP contribution in [-0.4, -0.2) is 29.4 Å². The number of esters is 1. The van der Waals surface area contributed by atoms with Crippen molar-refractivity contribution in [3.8, 4) is 0 Å². The molecule has 0 aliphatic heterocycles. The van der Waals surface area contributed by atoms with E-state index in [4.69, 9.17) is 0 Å². The summed E-state index contributed by atoms with van der Waals surface area (Å²) in [7, 11) is 1.18. The topological polar surface area (TPSA) is 66.8 Å². The van der Waals surface area contributed by atoms with Crippen molar-refractivity contribution in [1.82, 2.24) is 0 Å². The molecule has 4 nitrogen and oxygen atoms in total. The lowest BCUT2D eigenvalue weighted by atomic mass is 9.97. The predicted octanol–water partition coefficient (Wildman–Crippen LogP) is 1.09. The fraction of sp³-hybridized carbons (Fsp3) is 0.417. The molecule has 2 unspecified atom stereocenters. The molecule has 1 aromatic carbocycles. The van der Waals surface area contributed by atoms with Gasteiger partial charge in [0.05, 0.1) is 19.6 Å². The summed E-state index contributed by atoms with van der Waals surface area (Å²) in [6, 6.07) is 4.32. The molecular weight excluding hydrogens is 227 g/mol. The Labute approximate surface area is 98.7 Å². The third-order valence-corrected chi connectivity index (χ3v) is 2.53. The molecular formula is C12H15FO4. The average molecular weight is 242 g/mol. The zero-order chi connectivity index (χ0) is 13.0. The third kappa shape index (κ3) is 3.25. The van der Waals surface area contributed by atoms with E-state index in [0.29, 0.717) is 5.56 Å². The lowest BCUT2D eigenvalue weighted by molar-refractivity contribution is -0.144. The van der Waals surface area contributed by atoms with Gasteiger partial charge in [-0.3, -0.25) is 4.79 Å². The van der Waals surface area contributed by atoms with Crippen molar-refractivity contribution in [1.29, 1.82) is 0 Å². The van der Waals surface area contributed by atoms with Gasteiger partial charge in [0.2, 0.25) is 0 Å². The lowest BCUT2D eigenvalue weighted by Gasteiger charge is -2.19. The number of aliphatic hydroxyl groups excluding tert-OH is 2. The summed E-state index contributed by atoms with van der Waals surface area (Å²) in [6.07, 6.45) is -3.22. The first-order valence-corrected chi connectivity index (χ1v) is 5.15. The first-order valence-electron chi connectivity index (χ1n) is 5.15. The van der Waals surface area contributed by atoms with E-state index >= 15 is 0 Å². The molecule has 0 fully saturated rings. The number of aliphatic hydroxyl groups is 2. The fourth-order valence-corrected chi connectivity index (χ4v) is 1.58. The summed E-state index contributed by atoms with van der Waals surface area (Å²) in [6.45, 7) is 1.62. The molecule has 0 aliphatic carbocycles. The van der Waals surface area contributed by atoms with E-state index in [1.54, 1.807) is 13.0 Å². The minimum absolute atomic E-state index is 0.00361. The van der Waals surface area contributed by atoms with E-state index < -0.39 is 24.0 Å². The van der Waals surface area contributed by atoms with Crippen molar-refractivity contribution < 1.29 is 24.1 Å². The van der Waals surface area contributed by atoms with Crippen molar-refractivity contribution in [2.45, 2.75) is 25.6 Å². The molecule has 0 aromatic heterocycles. The maximum absolute atomic E-state index is 13.5. The second-order valence-corrected chi connectivity index (χ2v) is 3.76. The van der Waals surface area contributed by atoms with Crippen LogP contribution in [0.1, 0.15) is 23.7 Å². The van der Waals surface area contributed by atoms with Gasteiger partial charge in [-0.05, 0) is 18.6 Å². The molecule has 1 aromatic rings. The van der Waals surface area contributed by atoms with Crippen molar-refractivity contribution in [2.75, 3.05) is 7.11 Å². The molecule has 0 spiro atoms. The Morgan fingerprint density at radius 2 is 2.12 bits per heavy atom. The Kier molecular flexibility index (Phi) is 4.60. The summed E-state index contributed by atoms with van der Waals surface area (Å²) in [4.78, 5) is 10.9. The molecule has 0 bridgehead atoms. The van der Waals surface area contributed by atoms with E-state index in [0.717, 1.165) is 0 Å². The van der Waals surface area contributed by atoms with Crippen LogP contribution in [0.2, 0.25) is 0 Å². The molecule has 2 N–H and O–H groups in total. The number of ether oxygens (including phenoxy) is 1. The van der Waals surface area contributed by atoms with Crippen LogP contribution >= 0.6 is 0 Å². The normalized spacial score (nSPS) is 14.2. The van der Waals surface area contributed by atoms with E-state index in [-0.39, 0.29) is 12.0 Å². The van der Waals surface area contributed by atoms with Crippen LogP contribution < -0.4 is 0 Å². The van der Waals surface area contributed by atoms with Gasteiger partial charge in [-0.15, -0.1) is 0 Å². The minimum atomic E-state index is -1.45. The van der Waals surface area contributed by atoms with Crippen molar-refractivity contribution in [3.63, 3.8) is 0 Å². The lowest BCUT2D eigenvalue weighted by Crippen LogP contribution is -2.24. The molecule has 0 aliphatic rings. The Balaban J connectivity index is 2.88. The number of hydrogen-bond acceptors (Lipinski definition) is 4. The summed E-state index contributed by atoms with van der Waals surface area (Å²) in [5.41, 5.74) is 0.519. The number of benzene rings is 1. The zero-order valence-corrected chi connectivity index (χ0v) is 9.68. The first kappa shape index (κ1) is 13.6. The molecule has 0 amide bonds. The number of halogens is 1. The average Bonchev–Trinajstić information content (AvgIpc) is 2.28. The summed E-state index contributed by atoms with van der Waals surface area (Å²) < 4.78 is 17.9. The summed E-state index contributed by atoms with van der Waals surface area (Å²) in [5.74, 6) is -1.27. The smallest absolute Gasteiger partial charge is 0.308 e. The predicted molar refractivity (Wildman–Crippen MR) is 58.7 cm³/mol. The van der Waals surface area contributed by atoms with Crippen molar-refractivity contribution >= 4 is 5.97 Å². The van der Waals surface area contributed by atoms with Gasteiger partial charge in [0, 0.05) is 5.56 Å². The number of aryl methyl sites for hydroxylation is 1. The molecule has 17 heavy (non-hydrogen) atoms. The number of methoxy groups -OCH3 is 1. The molecule has 2 atom stereocenters. The molecule has 5 heteroatoms. The van der Waals surface area contributed by atoms with Gasteiger partial charge in [-0.1, -0.05) is 12.1 Å². The van der Waals surface area contributed by atoms with Crippen LogP contribution in [0.25, 0.3) is 0 Å². The highest BCUT2D eigenvalue weighted by Gasteiger charge is 2.25. The van der Waals surface area contributed by atoms with E-state index in [1.807, 2.05) is 0 Å². The fourth-order valence-electron chi connectivity index (χ4n) is 1.58. The molecule has 0 saturated carbocycles. The highest BCUT2D eigenvalue weighted by Crippen LogP contribution is 2.25. The van der Waals surface area contributed by atoms with Gasteiger partial charge in [0.1, 0.15) is 11.9 Å². The van der Waals surface area contributed by atoms with Gasteiger partial charge >= 0.3 is 5.97 Å². The molecule has 0 radical (unpaired) electrons. The Morgan fingerprint density at radius 1 is 1.47 bits per heavy atom. The van der Waals surface area contributed by atoms with Gasteiger partial charge in [0.15, 0.2) is 0 Å². The van der Waals surface area contributed by atoms with Gasteiger partial charge in [-0.25, -0.2) is 4.39 Å². The van der Waals surface area contributed by atoms with Crippen molar-refractivity contribution in [3.05, 3.63) is 35.1 Å². The highest BCUT2D eigenvalue weighted by molar-refractivity contribution is 5.69. The van der Waals surface area contributed by atoms with Gasteiger partial charge < -0.3 is 14.9 Å². The van der Waals surface area contributed by atoms with Gasteiger partial charge in [0.25, 0.3) is 0 Å². The maximum Gasteiger partial charge on any atom is 0.308 e. The van der Waals surface area contributed by atoms with Crippen LogP contribution in [0.5, 0.6) is 0 Å². The monoisotopic (exact) mass is 242 g/mol. The summed E-state index contributed by atoms with van der Waals surface area (Å²) >= 11 is 0. The number of carbonyl (C=O) groups is 1. The van der Waals surface area contributed by atoms with E-state index in [1.165, 1.54) is 19.2 Å². The SMILES string of the molecule is COC(=O)CC(O)C(O)c1c(C)cccc1F. The van der Waals surface area contributed by atoms with Crippen LogP contribution in [0, 0.1) is 12.7 Å². The quantitative estimate of drug-likeness (QED) is 0.776. The standard InChI is InChI=1S/C12H15FO4/c1-7-4-3-5-8(13)11(7)12(16)9(14)6-10(15)17-2/h3-5,9,12,14,16H,6H2,1-2H3. The second kappa shape index (κ2) is 5.75. The van der Waals surface area contributed by atoms with Crippen LogP contribution in [0.3, 0.4) is 0 Å². The van der Waals surface area contributed by atoms with E-state index in [2.05, 4.69) is 4.74 Å². The summed E-state index contributed by atoms with van der Waals surface area (Å²) in [5, 5.41) is 19.4. The number of hydrogen-bond donors (Lipinski definition) is 2. The van der Waals surface area contributed by atoms with Crippen LogP contribution in [-0.2, 0) is 9.53 Å². The first-order chi connectivity index (χ1) is 7.97. The molecule has 1 rings (SSSR count). The minimum Gasteiger partial charge on any atom is -0.469 e. The molecule has 94 valence electrons. The number of rotatable bonds is 4. The Bertz CT molecular complexity index is 385. The zero-order valence-electron chi connectivity index (χ0n) is 9.68. The van der Waals surface area contributed by atoms with Crippen LogP contribution in [0.4, 0.5) is 4.39 Å². The largest absolute Gasteiger partial charge is 0.469 e. The van der Waals surface area contributed by atoms with Crippen LogP contribution in [0.15, 0.2) is 18.2 Å². The third-order valence-electron chi connectivity index (χ3n) is 2.53. The Morgan fingerprint density at radius 3 is 2.65 bits per heavy atom. The molecule has 0 heterocycles.